The van der Waals surface area contributed by atoms with E-state index in [9.17, 15) is 13.6 Å². The first-order valence-electron chi connectivity index (χ1n) is 7.73. The molecule has 2 atom stereocenters. The van der Waals surface area contributed by atoms with Crippen LogP contribution in [0.25, 0.3) is 0 Å². The molecule has 0 aliphatic carbocycles. The molecule has 2 fully saturated rings. The predicted octanol–water partition coefficient (Wildman–Crippen LogP) is 2.77. The Morgan fingerprint density at radius 3 is 2.74 bits per heavy atom. The van der Waals surface area contributed by atoms with E-state index in [4.69, 9.17) is 9.47 Å². The Bertz CT molecular complexity index is 570. The first kappa shape index (κ1) is 16.1. The Morgan fingerprint density at radius 1 is 1.35 bits per heavy atom. The van der Waals surface area contributed by atoms with Gasteiger partial charge >= 0.3 is 6.03 Å². The van der Waals surface area contributed by atoms with Gasteiger partial charge in [-0.2, -0.15) is 0 Å². The Morgan fingerprint density at radius 2 is 2.09 bits per heavy atom. The zero-order chi connectivity index (χ0) is 16.4. The Kier molecular flexibility index (Phi) is 4.50. The third-order valence-corrected chi connectivity index (χ3v) is 4.09. The molecule has 1 aromatic rings. The van der Waals surface area contributed by atoms with Gasteiger partial charge in [-0.05, 0) is 31.9 Å². The molecule has 126 valence electrons. The van der Waals surface area contributed by atoms with Crippen LogP contribution in [0, 0.1) is 11.6 Å². The van der Waals surface area contributed by atoms with Crippen LogP contribution in [0.15, 0.2) is 18.2 Å². The fourth-order valence-corrected chi connectivity index (χ4v) is 3.25. The van der Waals surface area contributed by atoms with Crippen LogP contribution in [0.5, 0.6) is 0 Å². The second-order valence-corrected chi connectivity index (χ2v) is 6.24. The van der Waals surface area contributed by atoms with E-state index in [-0.39, 0.29) is 11.8 Å². The van der Waals surface area contributed by atoms with Crippen molar-refractivity contribution in [2.24, 2.45) is 0 Å². The quantitative estimate of drug-likeness (QED) is 0.863. The molecule has 1 aromatic carbocycles. The van der Waals surface area contributed by atoms with Crippen LogP contribution in [0.3, 0.4) is 0 Å². The van der Waals surface area contributed by atoms with Crippen molar-refractivity contribution in [3.8, 4) is 0 Å². The summed E-state index contributed by atoms with van der Waals surface area (Å²) in [5, 5.41) is 2.55. The highest BCUT2D eigenvalue weighted by molar-refractivity contribution is 5.89. The molecule has 5 nitrogen and oxygen atoms in total. The lowest BCUT2D eigenvalue weighted by Gasteiger charge is -2.47. The van der Waals surface area contributed by atoms with Gasteiger partial charge in [0.05, 0.1) is 19.3 Å². The third-order valence-electron chi connectivity index (χ3n) is 4.09. The van der Waals surface area contributed by atoms with Gasteiger partial charge in [-0.3, -0.25) is 0 Å². The molecule has 0 radical (unpaired) electrons. The number of halogens is 2. The molecule has 2 aliphatic heterocycles. The number of hydrogen-bond acceptors (Lipinski definition) is 3. The van der Waals surface area contributed by atoms with Gasteiger partial charge in [-0.1, -0.05) is 0 Å². The van der Waals surface area contributed by atoms with E-state index in [0.29, 0.717) is 26.3 Å². The summed E-state index contributed by atoms with van der Waals surface area (Å²) in [6.45, 7) is 3.88. The van der Waals surface area contributed by atoms with Crippen molar-refractivity contribution in [1.29, 1.82) is 0 Å². The number of ether oxygens (including phenoxy) is 2. The number of urea groups is 1. The van der Waals surface area contributed by atoms with Crippen LogP contribution in [-0.4, -0.2) is 48.9 Å². The SMILES string of the molecule is C[C@@H]1CN(C(=O)Nc2cc(F)cc(F)c2)C[C@@]2(CCCOC2)O1. The minimum Gasteiger partial charge on any atom is -0.378 e. The number of amides is 2. The fourth-order valence-electron chi connectivity index (χ4n) is 3.25. The Hall–Kier alpha value is -1.73. The number of nitrogens with zero attached hydrogens (tertiary/aromatic N) is 1. The minimum atomic E-state index is -0.729. The molecule has 0 bridgehead atoms. The first-order chi connectivity index (χ1) is 11.0. The van der Waals surface area contributed by atoms with Crippen LogP contribution in [0.2, 0.25) is 0 Å². The summed E-state index contributed by atoms with van der Waals surface area (Å²) in [5.41, 5.74) is -0.388. The third kappa shape index (κ3) is 3.79. The lowest BCUT2D eigenvalue weighted by Crippen LogP contribution is -2.60. The number of carbonyl (C=O) groups is 1. The molecule has 2 amide bonds. The molecule has 0 unspecified atom stereocenters. The largest absolute Gasteiger partial charge is 0.378 e. The Labute approximate surface area is 133 Å². The summed E-state index contributed by atoms with van der Waals surface area (Å²) in [6.07, 6.45) is 1.59. The monoisotopic (exact) mass is 326 g/mol. The van der Waals surface area contributed by atoms with Gasteiger partial charge in [0.15, 0.2) is 0 Å². The molecular formula is C16H20F2N2O3. The lowest BCUT2D eigenvalue weighted by molar-refractivity contribution is -0.187. The number of morpholine rings is 1. The molecule has 3 rings (SSSR count). The zero-order valence-electron chi connectivity index (χ0n) is 13.0. The molecule has 7 heteroatoms. The smallest absolute Gasteiger partial charge is 0.322 e. The molecule has 1 N–H and O–H groups in total. The van der Waals surface area contributed by atoms with E-state index >= 15 is 0 Å². The van der Waals surface area contributed by atoms with Crippen LogP contribution in [0.1, 0.15) is 19.8 Å². The summed E-state index contributed by atoms with van der Waals surface area (Å²) in [4.78, 5) is 14.1. The second kappa shape index (κ2) is 6.41. The maximum atomic E-state index is 13.2. The fraction of sp³-hybridized carbons (Fsp3) is 0.562. The maximum Gasteiger partial charge on any atom is 0.322 e. The summed E-state index contributed by atoms with van der Waals surface area (Å²) in [6, 6.07) is 2.55. The van der Waals surface area contributed by atoms with Gasteiger partial charge in [0.25, 0.3) is 0 Å². The highest BCUT2D eigenvalue weighted by Crippen LogP contribution is 2.30. The number of nitrogens with one attached hydrogen (secondary N) is 1. The van der Waals surface area contributed by atoms with Crippen LogP contribution < -0.4 is 5.32 Å². The van der Waals surface area contributed by atoms with Gasteiger partial charge in [0.1, 0.15) is 17.2 Å². The van der Waals surface area contributed by atoms with Crippen molar-refractivity contribution in [2.75, 3.05) is 31.6 Å². The van der Waals surface area contributed by atoms with Crippen molar-refractivity contribution >= 4 is 11.7 Å². The molecule has 1 spiro atoms. The van der Waals surface area contributed by atoms with E-state index in [1.807, 2.05) is 6.92 Å². The standard InChI is InChI=1S/C16H20F2N2O3/c1-11-8-20(9-16(23-11)3-2-4-22-10-16)15(21)19-14-6-12(17)5-13(18)7-14/h5-7,11H,2-4,8-10H2,1H3,(H,19,21)/t11-,16-/m1/s1. The summed E-state index contributed by atoms with van der Waals surface area (Å²) >= 11 is 0. The van der Waals surface area contributed by atoms with Crippen LogP contribution >= 0.6 is 0 Å². The van der Waals surface area contributed by atoms with Crippen molar-refractivity contribution in [1.82, 2.24) is 4.90 Å². The minimum absolute atomic E-state index is 0.0978. The molecule has 2 heterocycles. The van der Waals surface area contributed by atoms with Gasteiger partial charge in [-0.15, -0.1) is 0 Å². The number of benzene rings is 1. The number of rotatable bonds is 1. The normalized spacial score (nSPS) is 28.0. The van der Waals surface area contributed by atoms with Crippen molar-refractivity contribution < 1.29 is 23.0 Å². The van der Waals surface area contributed by atoms with Crippen LogP contribution in [-0.2, 0) is 9.47 Å². The second-order valence-electron chi connectivity index (χ2n) is 6.24. The Balaban J connectivity index is 1.70. The average Bonchev–Trinajstić information content (AvgIpc) is 2.46. The molecule has 2 aliphatic rings. The molecule has 0 aromatic heterocycles. The van der Waals surface area contributed by atoms with E-state index < -0.39 is 23.3 Å². The van der Waals surface area contributed by atoms with E-state index in [0.717, 1.165) is 31.0 Å². The van der Waals surface area contributed by atoms with E-state index in [2.05, 4.69) is 5.32 Å². The van der Waals surface area contributed by atoms with Gasteiger partial charge < -0.3 is 19.7 Å². The number of hydrogen-bond donors (Lipinski definition) is 1. The highest BCUT2D eigenvalue weighted by Gasteiger charge is 2.42. The van der Waals surface area contributed by atoms with Crippen molar-refractivity contribution in [3.63, 3.8) is 0 Å². The van der Waals surface area contributed by atoms with Gasteiger partial charge in [-0.25, -0.2) is 13.6 Å². The first-order valence-corrected chi connectivity index (χ1v) is 7.73. The zero-order valence-corrected chi connectivity index (χ0v) is 13.0. The highest BCUT2D eigenvalue weighted by atomic mass is 19.1. The predicted molar refractivity (Wildman–Crippen MR) is 80.3 cm³/mol. The topological polar surface area (TPSA) is 50.8 Å². The molecule has 2 saturated heterocycles. The maximum absolute atomic E-state index is 13.2. The molecule has 0 saturated carbocycles. The van der Waals surface area contributed by atoms with Gasteiger partial charge in [0.2, 0.25) is 0 Å². The average molecular weight is 326 g/mol. The number of carbonyl (C=O) groups excluding carboxylic acids is 1. The lowest BCUT2D eigenvalue weighted by atomic mass is 9.93. The van der Waals surface area contributed by atoms with Gasteiger partial charge in [0, 0.05) is 24.9 Å². The number of anilines is 1. The van der Waals surface area contributed by atoms with E-state index in [1.165, 1.54) is 0 Å². The summed E-state index contributed by atoms with van der Waals surface area (Å²) in [5.74, 6) is -1.46. The molecular weight excluding hydrogens is 306 g/mol. The molecule has 23 heavy (non-hydrogen) atoms. The van der Waals surface area contributed by atoms with Crippen molar-refractivity contribution in [3.05, 3.63) is 29.8 Å². The van der Waals surface area contributed by atoms with Crippen molar-refractivity contribution in [2.45, 2.75) is 31.5 Å². The van der Waals surface area contributed by atoms with E-state index in [1.54, 1.807) is 4.90 Å². The van der Waals surface area contributed by atoms with Crippen LogP contribution in [0.4, 0.5) is 19.3 Å². The summed E-state index contributed by atoms with van der Waals surface area (Å²) in [7, 11) is 0. The summed E-state index contributed by atoms with van der Waals surface area (Å²) < 4.78 is 38.0.